The minimum absolute atomic E-state index is 0.0432. The topological polar surface area (TPSA) is 92.1 Å². The second kappa shape index (κ2) is 6.31. The van der Waals surface area contributed by atoms with Crippen LogP contribution in [0, 0.1) is 0 Å². The standard InChI is InChI=1S/C15H21N3O5/c1-15(2,3)23-14(21)16-7-10-5-6-11(22-10)13(20)18-8-12(19)17(4)9-18/h5-6H,7-9H2,1-4H3,(H,16,21). The highest BCUT2D eigenvalue weighted by Crippen LogP contribution is 2.14. The number of rotatable bonds is 3. The summed E-state index contributed by atoms with van der Waals surface area (Å²) in [6.07, 6.45) is -0.562. The van der Waals surface area contributed by atoms with E-state index < -0.39 is 11.7 Å². The van der Waals surface area contributed by atoms with Crippen LogP contribution in [0.15, 0.2) is 16.5 Å². The molecule has 2 rings (SSSR count). The molecule has 8 heteroatoms. The lowest BCUT2D eigenvalue weighted by Gasteiger charge is -2.19. The highest BCUT2D eigenvalue weighted by atomic mass is 16.6. The molecule has 126 valence electrons. The normalized spacial score (nSPS) is 15.0. The van der Waals surface area contributed by atoms with Crippen LogP contribution in [0.2, 0.25) is 0 Å². The van der Waals surface area contributed by atoms with Crippen LogP contribution in [0.1, 0.15) is 37.1 Å². The Labute approximate surface area is 134 Å². The Kier molecular flexibility index (Phi) is 4.63. The lowest BCUT2D eigenvalue weighted by molar-refractivity contribution is -0.125. The predicted octanol–water partition coefficient (Wildman–Crippen LogP) is 1.18. The molecular weight excluding hydrogens is 302 g/mol. The van der Waals surface area contributed by atoms with Crippen molar-refractivity contribution in [3.63, 3.8) is 0 Å². The Morgan fingerprint density at radius 3 is 2.61 bits per heavy atom. The fourth-order valence-corrected chi connectivity index (χ4v) is 2.02. The Morgan fingerprint density at radius 1 is 1.35 bits per heavy atom. The largest absolute Gasteiger partial charge is 0.454 e. The van der Waals surface area contributed by atoms with Crippen molar-refractivity contribution >= 4 is 17.9 Å². The minimum atomic E-state index is -0.581. The second-order valence-electron chi connectivity index (χ2n) is 6.36. The number of alkyl carbamates (subject to hydrolysis) is 1. The molecular formula is C15H21N3O5. The maximum atomic E-state index is 12.2. The molecule has 1 saturated heterocycles. The average Bonchev–Trinajstić information content (AvgIpc) is 3.02. The van der Waals surface area contributed by atoms with Gasteiger partial charge in [-0.3, -0.25) is 9.59 Å². The molecule has 3 amide bonds. The van der Waals surface area contributed by atoms with Gasteiger partial charge in [-0.1, -0.05) is 0 Å². The van der Waals surface area contributed by atoms with Gasteiger partial charge in [-0.05, 0) is 32.9 Å². The van der Waals surface area contributed by atoms with Crippen LogP contribution in [0.25, 0.3) is 0 Å². The molecule has 8 nitrogen and oxygen atoms in total. The molecule has 1 aromatic heterocycles. The van der Waals surface area contributed by atoms with E-state index in [0.717, 1.165) is 0 Å². The molecule has 0 unspecified atom stereocenters. The molecule has 0 aliphatic carbocycles. The summed E-state index contributed by atoms with van der Waals surface area (Å²) < 4.78 is 10.5. The quantitative estimate of drug-likeness (QED) is 0.901. The number of furan rings is 1. The maximum Gasteiger partial charge on any atom is 0.408 e. The summed E-state index contributed by atoms with van der Waals surface area (Å²) in [5.74, 6) is 0.0927. The van der Waals surface area contributed by atoms with Crippen molar-refractivity contribution in [3.8, 4) is 0 Å². The zero-order valence-corrected chi connectivity index (χ0v) is 13.7. The van der Waals surface area contributed by atoms with Crippen molar-refractivity contribution in [2.24, 2.45) is 0 Å². The van der Waals surface area contributed by atoms with E-state index >= 15 is 0 Å². The average molecular weight is 323 g/mol. The molecule has 1 fully saturated rings. The first-order chi connectivity index (χ1) is 10.7. The fourth-order valence-electron chi connectivity index (χ4n) is 2.02. The number of amides is 3. The van der Waals surface area contributed by atoms with Crippen molar-refractivity contribution in [2.45, 2.75) is 32.9 Å². The first-order valence-corrected chi connectivity index (χ1v) is 7.24. The molecule has 0 aromatic carbocycles. The van der Waals surface area contributed by atoms with E-state index in [1.165, 1.54) is 15.9 Å². The van der Waals surface area contributed by atoms with Crippen LogP contribution in [-0.4, -0.2) is 53.6 Å². The van der Waals surface area contributed by atoms with Gasteiger partial charge in [0.1, 0.15) is 17.9 Å². The third kappa shape index (κ3) is 4.48. The van der Waals surface area contributed by atoms with Gasteiger partial charge in [0, 0.05) is 7.05 Å². The smallest absolute Gasteiger partial charge is 0.408 e. The van der Waals surface area contributed by atoms with E-state index in [1.54, 1.807) is 33.9 Å². The number of nitrogens with zero attached hydrogens (tertiary/aromatic N) is 2. The number of hydrogen-bond donors (Lipinski definition) is 1. The second-order valence-corrected chi connectivity index (χ2v) is 6.36. The molecule has 1 aliphatic rings. The summed E-state index contributed by atoms with van der Waals surface area (Å²) in [4.78, 5) is 38.1. The van der Waals surface area contributed by atoms with Gasteiger partial charge in [0.2, 0.25) is 5.91 Å². The van der Waals surface area contributed by atoms with E-state index in [-0.39, 0.29) is 37.3 Å². The number of hydrogen-bond acceptors (Lipinski definition) is 5. The van der Waals surface area contributed by atoms with Crippen LogP contribution < -0.4 is 5.32 Å². The Bertz CT molecular complexity index is 617. The van der Waals surface area contributed by atoms with Crippen molar-refractivity contribution in [3.05, 3.63) is 23.7 Å². The summed E-state index contributed by atoms with van der Waals surface area (Å²) in [5.41, 5.74) is -0.581. The monoisotopic (exact) mass is 323 g/mol. The Morgan fingerprint density at radius 2 is 2.04 bits per heavy atom. The van der Waals surface area contributed by atoms with Gasteiger partial charge in [0.25, 0.3) is 5.91 Å². The van der Waals surface area contributed by atoms with Crippen LogP contribution in [0.5, 0.6) is 0 Å². The number of ether oxygens (including phenoxy) is 1. The van der Waals surface area contributed by atoms with Gasteiger partial charge in [0.05, 0.1) is 13.2 Å². The molecule has 1 aromatic rings. The lowest BCUT2D eigenvalue weighted by Crippen LogP contribution is -2.32. The number of carbonyl (C=O) groups excluding carboxylic acids is 3. The highest BCUT2D eigenvalue weighted by molar-refractivity contribution is 5.95. The summed E-state index contributed by atoms with van der Waals surface area (Å²) in [5, 5.41) is 2.55. The predicted molar refractivity (Wildman–Crippen MR) is 80.5 cm³/mol. The minimum Gasteiger partial charge on any atom is -0.454 e. The Balaban J connectivity index is 1.89. The zero-order valence-electron chi connectivity index (χ0n) is 13.7. The molecule has 2 heterocycles. The van der Waals surface area contributed by atoms with Crippen LogP contribution in [0.4, 0.5) is 4.79 Å². The van der Waals surface area contributed by atoms with Crippen molar-refractivity contribution in [2.75, 3.05) is 20.3 Å². The first kappa shape index (κ1) is 16.9. The molecule has 1 aliphatic heterocycles. The van der Waals surface area contributed by atoms with E-state index in [9.17, 15) is 14.4 Å². The van der Waals surface area contributed by atoms with Gasteiger partial charge in [-0.25, -0.2) is 4.79 Å². The molecule has 0 bridgehead atoms. The van der Waals surface area contributed by atoms with Gasteiger partial charge in [-0.2, -0.15) is 0 Å². The third-order valence-electron chi connectivity index (χ3n) is 3.10. The Hall–Kier alpha value is -2.51. The molecule has 0 atom stereocenters. The number of likely N-dealkylation sites (N-methyl/N-ethyl adjacent to an activating group) is 1. The summed E-state index contributed by atoms with van der Waals surface area (Å²) in [7, 11) is 1.63. The maximum absolute atomic E-state index is 12.2. The first-order valence-electron chi connectivity index (χ1n) is 7.24. The molecule has 0 radical (unpaired) electrons. The lowest BCUT2D eigenvalue weighted by atomic mass is 10.2. The van der Waals surface area contributed by atoms with Crippen LogP contribution in [0.3, 0.4) is 0 Å². The van der Waals surface area contributed by atoms with Crippen LogP contribution >= 0.6 is 0 Å². The van der Waals surface area contributed by atoms with E-state index in [2.05, 4.69) is 5.32 Å². The van der Waals surface area contributed by atoms with E-state index in [1.807, 2.05) is 0 Å². The van der Waals surface area contributed by atoms with E-state index in [4.69, 9.17) is 9.15 Å². The van der Waals surface area contributed by atoms with Crippen molar-refractivity contribution in [1.29, 1.82) is 0 Å². The third-order valence-corrected chi connectivity index (χ3v) is 3.10. The van der Waals surface area contributed by atoms with Gasteiger partial charge < -0.3 is 24.3 Å². The summed E-state index contributed by atoms with van der Waals surface area (Å²) >= 11 is 0. The summed E-state index contributed by atoms with van der Waals surface area (Å²) in [6.45, 7) is 5.70. The van der Waals surface area contributed by atoms with Gasteiger partial charge in [-0.15, -0.1) is 0 Å². The van der Waals surface area contributed by atoms with Crippen LogP contribution in [-0.2, 0) is 16.1 Å². The summed E-state index contributed by atoms with van der Waals surface area (Å²) in [6, 6.07) is 3.13. The molecule has 23 heavy (non-hydrogen) atoms. The van der Waals surface area contributed by atoms with Gasteiger partial charge >= 0.3 is 6.09 Å². The number of nitrogens with one attached hydrogen (secondary N) is 1. The van der Waals surface area contributed by atoms with E-state index in [0.29, 0.717) is 5.76 Å². The zero-order chi connectivity index (χ0) is 17.2. The van der Waals surface area contributed by atoms with Crippen molar-refractivity contribution in [1.82, 2.24) is 15.1 Å². The molecule has 0 saturated carbocycles. The highest BCUT2D eigenvalue weighted by Gasteiger charge is 2.30. The van der Waals surface area contributed by atoms with Crippen molar-refractivity contribution < 1.29 is 23.5 Å². The molecule has 0 spiro atoms. The van der Waals surface area contributed by atoms with Gasteiger partial charge in [0.15, 0.2) is 5.76 Å². The SMILES string of the molecule is CN1CN(C(=O)c2ccc(CNC(=O)OC(C)(C)C)o2)CC1=O. The number of carbonyl (C=O) groups is 3. The molecule has 1 N–H and O–H groups in total. The fraction of sp³-hybridized carbons (Fsp3) is 0.533.